The fraction of sp³-hybridized carbons (Fsp3) is 0.190. The number of benzene rings is 2. The Kier molecular flexibility index (Phi) is 5.50. The third kappa shape index (κ3) is 3.62. The van der Waals surface area contributed by atoms with Crippen molar-refractivity contribution in [1.29, 1.82) is 5.26 Å². The maximum Gasteiger partial charge on any atom is 0.356 e. The molecule has 7 heteroatoms. The lowest BCUT2D eigenvalue weighted by Crippen LogP contribution is -2.10. The summed E-state index contributed by atoms with van der Waals surface area (Å²) in [6.45, 7) is 1.85. The van der Waals surface area contributed by atoms with E-state index in [9.17, 15) is 13.6 Å². The third-order valence-electron chi connectivity index (χ3n) is 4.26. The molecule has 1 aliphatic rings. The summed E-state index contributed by atoms with van der Waals surface area (Å²) in [5, 5.41) is 8.91. The van der Waals surface area contributed by atoms with E-state index in [1.165, 1.54) is 37.4 Å². The van der Waals surface area contributed by atoms with E-state index in [1.807, 2.05) is 0 Å². The summed E-state index contributed by atoms with van der Waals surface area (Å²) in [6, 6.07) is 10.2. The van der Waals surface area contributed by atoms with Crippen LogP contribution in [0.1, 0.15) is 29.5 Å². The van der Waals surface area contributed by atoms with Crippen LogP contribution in [0.2, 0.25) is 0 Å². The number of methoxy groups -OCH3 is 1. The number of hydrogen-bond donors (Lipinski definition) is 0. The average molecular weight is 382 g/mol. The van der Waals surface area contributed by atoms with Gasteiger partial charge in [-0.3, -0.25) is 0 Å². The van der Waals surface area contributed by atoms with Gasteiger partial charge < -0.3 is 9.47 Å². The molecule has 5 nitrogen and oxygen atoms in total. The molecule has 0 aliphatic carbocycles. The van der Waals surface area contributed by atoms with Crippen LogP contribution in [-0.4, -0.2) is 25.4 Å². The minimum absolute atomic E-state index is 0.0582. The molecule has 0 radical (unpaired) electrons. The van der Waals surface area contributed by atoms with Crippen LogP contribution in [0.4, 0.5) is 8.78 Å². The van der Waals surface area contributed by atoms with Crippen molar-refractivity contribution in [2.45, 2.75) is 12.8 Å². The van der Waals surface area contributed by atoms with E-state index < -0.39 is 23.5 Å². The third-order valence-corrected chi connectivity index (χ3v) is 4.26. The van der Waals surface area contributed by atoms with Crippen LogP contribution in [0.3, 0.4) is 0 Å². The molecule has 0 saturated heterocycles. The Morgan fingerprint density at radius 2 is 2.00 bits per heavy atom. The molecule has 0 N–H and O–H groups in total. The maximum atomic E-state index is 14.2. The van der Waals surface area contributed by atoms with Crippen molar-refractivity contribution in [3.05, 3.63) is 76.5 Å². The molecule has 0 bridgehead atoms. The minimum Gasteiger partial charge on any atom is -0.494 e. The normalized spacial score (nSPS) is 15.5. The summed E-state index contributed by atoms with van der Waals surface area (Å²) in [5.41, 5.74) is 1.21. The highest BCUT2D eigenvalue weighted by molar-refractivity contribution is 6.11. The number of carbonyl (C=O) groups excluding carboxylic acids is 1. The van der Waals surface area contributed by atoms with Gasteiger partial charge in [0.1, 0.15) is 17.6 Å². The highest BCUT2D eigenvalue weighted by Crippen LogP contribution is 2.33. The van der Waals surface area contributed by atoms with Crippen LogP contribution in [0, 0.1) is 23.0 Å². The first kappa shape index (κ1) is 19.2. The van der Waals surface area contributed by atoms with Gasteiger partial charge in [0, 0.05) is 5.92 Å². The van der Waals surface area contributed by atoms with E-state index in [0.717, 1.165) is 0 Å². The largest absolute Gasteiger partial charge is 0.494 e. The van der Waals surface area contributed by atoms with E-state index in [-0.39, 0.29) is 23.6 Å². The van der Waals surface area contributed by atoms with Crippen LogP contribution in [0.25, 0.3) is 0 Å². The summed E-state index contributed by atoms with van der Waals surface area (Å²) in [7, 11) is 1.36. The minimum atomic E-state index is -0.702. The monoisotopic (exact) mass is 382 g/mol. The standard InChI is InChI=1S/C21H16F2N2O3/c1-3-28-21(26)18-10-15(12-6-7-19(27-2)17(23)8-12)20(25-18)13-4-5-14(11-24)16(22)9-13/h4-10,15H,3H2,1-2H3. The molecule has 3 rings (SSSR count). The van der Waals surface area contributed by atoms with Crippen LogP contribution in [0.15, 0.2) is 53.2 Å². The Bertz CT molecular complexity index is 1040. The molecule has 2 aromatic rings. The first-order chi connectivity index (χ1) is 13.5. The van der Waals surface area contributed by atoms with E-state index in [4.69, 9.17) is 14.7 Å². The molecular weight excluding hydrogens is 366 g/mol. The predicted octanol–water partition coefficient (Wildman–Crippen LogP) is 3.88. The second kappa shape index (κ2) is 8.01. The summed E-state index contributed by atoms with van der Waals surface area (Å²) >= 11 is 0. The zero-order valence-corrected chi connectivity index (χ0v) is 15.2. The molecule has 1 aliphatic heterocycles. The van der Waals surface area contributed by atoms with Crippen molar-refractivity contribution in [3.8, 4) is 11.8 Å². The highest BCUT2D eigenvalue weighted by Gasteiger charge is 2.29. The second-order valence-electron chi connectivity index (χ2n) is 5.95. The lowest BCUT2D eigenvalue weighted by molar-refractivity contribution is -0.138. The van der Waals surface area contributed by atoms with Crippen molar-refractivity contribution in [3.63, 3.8) is 0 Å². The first-order valence-corrected chi connectivity index (χ1v) is 8.49. The second-order valence-corrected chi connectivity index (χ2v) is 5.95. The van der Waals surface area contributed by atoms with Gasteiger partial charge in [-0.05, 0) is 48.4 Å². The van der Waals surface area contributed by atoms with Crippen molar-refractivity contribution in [1.82, 2.24) is 0 Å². The Hall–Kier alpha value is -3.53. The SMILES string of the molecule is CCOC(=O)C1=CC(c2ccc(OC)c(F)c2)C(c2ccc(C#N)c(F)c2)=N1. The van der Waals surface area contributed by atoms with Gasteiger partial charge in [-0.1, -0.05) is 12.1 Å². The molecule has 0 saturated carbocycles. The van der Waals surface area contributed by atoms with Gasteiger partial charge in [-0.15, -0.1) is 0 Å². The Morgan fingerprint density at radius 3 is 2.61 bits per heavy atom. The van der Waals surface area contributed by atoms with E-state index in [1.54, 1.807) is 25.1 Å². The number of ether oxygens (including phenoxy) is 2. The molecule has 1 heterocycles. The molecule has 1 atom stereocenters. The number of nitrogens with zero attached hydrogens (tertiary/aromatic N) is 2. The number of rotatable bonds is 5. The van der Waals surface area contributed by atoms with Gasteiger partial charge in [0.05, 0.1) is 25.0 Å². The Morgan fingerprint density at radius 1 is 1.21 bits per heavy atom. The van der Waals surface area contributed by atoms with Gasteiger partial charge in [0.25, 0.3) is 0 Å². The molecule has 0 aromatic heterocycles. The van der Waals surface area contributed by atoms with Crippen molar-refractivity contribution in [2.75, 3.05) is 13.7 Å². The van der Waals surface area contributed by atoms with Crippen LogP contribution >= 0.6 is 0 Å². The molecule has 0 spiro atoms. The van der Waals surface area contributed by atoms with Crippen LogP contribution in [0.5, 0.6) is 5.75 Å². The average Bonchev–Trinajstić information content (AvgIpc) is 3.13. The summed E-state index contributed by atoms with van der Waals surface area (Å²) in [5.74, 6) is -2.40. The Balaban J connectivity index is 2.08. The van der Waals surface area contributed by atoms with Gasteiger partial charge in [-0.2, -0.15) is 5.26 Å². The summed E-state index contributed by atoms with van der Waals surface area (Å²) in [6.07, 6.45) is 1.55. The van der Waals surface area contributed by atoms with E-state index in [0.29, 0.717) is 16.8 Å². The first-order valence-electron chi connectivity index (χ1n) is 8.49. The number of aliphatic imine (C=N–C) groups is 1. The number of allylic oxidation sites excluding steroid dienone is 1. The molecule has 28 heavy (non-hydrogen) atoms. The van der Waals surface area contributed by atoms with Crippen LogP contribution in [-0.2, 0) is 9.53 Å². The zero-order chi connectivity index (χ0) is 20.3. The lowest BCUT2D eigenvalue weighted by Gasteiger charge is -2.14. The maximum absolute atomic E-state index is 14.2. The number of halogens is 2. The molecular formula is C21H16F2N2O3. The molecule has 0 fully saturated rings. The zero-order valence-electron chi connectivity index (χ0n) is 15.2. The molecule has 0 amide bonds. The highest BCUT2D eigenvalue weighted by atomic mass is 19.1. The van der Waals surface area contributed by atoms with Crippen molar-refractivity contribution in [2.24, 2.45) is 4.99 Å². The van der Waals surface area contributed by atoms with Crippen molar-refractivity contribution < 1.29 is 23.0 Å². The molecule has 142 valence electrons. The van der Waals surface area contributed by atoms with E-state index in [2.05, 4.69) is 4.99 Å². The Labute approximate surface area is 160 Å². The number of hydrogen-bond acceptors (Lipinski definition) is 5. The summed E-state index contributed by atoms with van der Waals surface area (Å²) < 4.78 is 38.2. The van der Waals surface area contributed by atoms with Gasteiger partial charge in [0.2, 0.25) is 0 Å². The lowest BCUT2D eigenvalue weighted by atomic mass is 9.90. The fourth-order valence-corrected chi connectivity index (χ4v) is 2.93. The predicted molar refractivity (Wildman–Crippen MR) is 98.1 cm³/mol. The van der Waals surface area contributed by atoms with Crippen molar-refractivity contribution >= 4 is 11.7 Å². The quantitative estimate of drug-likeness (QED) is 0.736. The van der Waals surface area contributed by atoms with Gasteiger partial charge >= 0.3 is 5.97 Å². The number of carbonyl (C=O) groups is 1. The molecule has 2 aromatic carbocycles. The topological polar surface area (TPSA) is 71.7 Å². The molecule has 1 unspecified atom stereocenters. The summed E-state index contributed by atoms with van der Waals surface area (Å²) in [4.78, 5) is 16.4. The van der Waals surface area contributed by atoms with Gasteiger partial charge in [0.15, 0.2) is 11.6 Å². The van der Waals surface area contributed by atoms with E-state index >= 15 is 0 Å². The van der Waals surface area contributed by atoms with Gasteiger partial charge in [-0.25, -0.2) is 18.6 Å². The number of nitriles is 1. The fourth-order valence-electron chi connectivity index (χ4n) is 2.93. The number of esters is 1. The van der Waals surface area contributed by atoms with Crippen LogP contribution < -0.4 is 4.74 Å². The smallest absolute Gasteiger partial charge is 0.356 e.